The quantitative estimate of drug-likeness (QED) is 0.466. The third-order valence-corrected chi connectivity index (χ3v) is 4.09. The number of hydrogen-bond donors (Lipinski definition) is 0. The van der Waals surface area contributed by atoms with E-state index in [0.717, 1.165) is 11.1 Å². The molecule has 0 N–H and O–H groups in total. The number of carbonyl (C=O) groups is 2. The van der Waals surface area contributed by atoms with Gasteiger partial charge in [0.2, 0.25) is 5.76 Å². The minimum absolute atomic E-state index is 0.0130. The lowest BCUT2D eigenvalue weighted by molar-refractivity contribution is -0.145. The van der Waals surface area contributed by atoms with E-state index in [4.69, 9.17) is 13.7 Å². The van der Waals surface area contributed by atoms with Crippen molar-refractivity contribution in [1.82, 2.24) is 5.16 Å². The molecule has 6 nitrogen and oxygen atoms in total. The Hall–Kier alpha value is -3.15. The van der Waals surface area contributed by atoms with Crippen LogP contribution in [-0.2, 0) is 16.1 Å². The van der Waals surface area contributed by atoms with Gasteiger partial charge in [-0.05, 0) is 43.2 Å². The Morgan fingerprint density at radius 2 is 1.88 bits per heavy atom. The third-order valence-electron chi connectivity index (χ3n) is 4.09. The maximum Gasteiger partial charge on any atom is 0.306 e. The first-order chi connectivity index (χ1) is 12.5. The molecule has 2 heterocycles. The zero-order valence-electron chi connectivity index (χ0n) is 14.7. The Kier molecular flexibility index (Phi) is 5.31. The smallest absolute Gasteiger partial charge is 0.306 e. The Morgan fingerprint density at radius 3 is 2.62 bits per heavy atom. The van der Waals surface area contributed by atoms with Crippen LogP contribution in [0, 0.1) is 13.8 Å². The van der Waals surface area contributed by atoms with Crippen LogP contribution < -0.4 is 0 Å². The van der Waals surface area contributed by atoms with E-state index < -0.39 is 5.97 Å². The standard InChI is InChI=1S/C20H19NO5/c1-13-5-6-15(10-14(13)2)17(22)7-8-20(23)25-12-16-11-19(26-21-16)18-4-3-9-24-18/h3-6,9-11H,7-8,12H2,1-2H3. The predicted molar refractivity (Wildman–Crippen MR) is 93.5 cm³/mol. The van der Waals surface area contributed by atoms with Crippen molar-refractivity contribution in [2.24, 2.45) is 0 Å². The molecule has 6 heteroatoms. The molecule has 0 radical (unpaired) electrons. The second-order valence-electron chi connectivity index (χ2n) is 6.04. The van der Waals surface area contributed by atoms with E-state index in [1.807, 2.05) is 26.0 Å². The van der Waals surface area contributed by atoms with Crippen LogP contribution in [0.3, 0.4) is 0 Å². The number of furan rings is 1. The van der Waals surface area contributed by atoms with Gasteiger partial charge in [-0.2, -0.15) is 0 Å². The molecule has 0 spiro atoms. The van der Waals surface area contributed by atoms with Gasteiger partial charge in [0.25, 0.3) is 0 Å². The number of Topliss-reactive ketones (excluding diaryl/α,β-unsaturated/α-hetero) is 1. The summed E-state index contributed by atoms with van der Waals surface area (Å²) >= 11 is 0. The molecule has 3 rings (SSSR count). The topological polar surface area (TPSA) is 82.5 Å². The molecule has 0 aliphatic heterocycles. The van der Waals surface area contributed by atoms with Gasteiger partial charge in [-0.25, -0.2) is 0 Å². The number of aryl methyl sites for hydroxylation is 2. The molecule has 0 unspecified atom stereocenters. The molecule has 3 aromatic rings. The zero-order chi connectivity index (χ0) is 18.5. The number of aromatic nitrogens is 1. The summed E-state index contributed by atoms with van der Waals surface area (Å²) < 4.78 is 15.5. The largest absolute Gasteiger partial charge is 0.461 e. The van der Waals surface area contributed by atoms with Crippen LogP contribution in [0.15, 0.2) is 51.6 Å². The lowest BCUT2D eigenvalue weighted by Gasteiger charge is -2.05. The molecule has 0 atom stereocenters. The van der Waals surface area contributed by atoms with Crippen LogP contribution in [0.2, 0.25) is 0 Å². The number of rotatable bonds is 7. The minimum atomic E-state index is -0.454. The van der Waals surface area contributed by atoms with Gasteiger partial charge in [0, 0.05) is 18.1 Å². The Bertz CT molecular complexity index is 908. The number of benzene rings is 1. The first-order valence-corrected chi connectivity index (χ1v) is 8.28. The lowest BCUT2D eigenvalue weighted by Crippen LogP contribution is -2.08. The molecule has 0 aliphatic carbocycles. The van der Waals surface area contributed by atoms with Gasteiger partial charge < -0.3 is 13.7 Å². The van der Waals surface area contributed by atoms with Gasteiger partial charge in [-0.1, -0.05) is 17.3 Å². The highest BCUT2D eigenvalue weighted by Gasteiger charge is 2.13. The normalized spacial score (nSPS) is 10.7. The van der Waals surface area contributed by atoms with Crippen molar-refractivity contribution in [2.45, 2.75) is 33.3 Å². The summed E-state index contributed by atoms with van der Waals surface area (Å²) in [7, 11) is 0. The van der Waals surface area contributed by atoms with E-state index in [2.05, 4.69) is 5.16 Å². The highest BCUT2D eigenvalue weighted by atomic mass is 16.5. The fourth-order valence-corrected chi connectivity index (χ4v) is 2.42. The van der Waals surface area contributed by atoms with E-state index in [-0.39, 0.29) is 25.2 Å². The summed E-state index contributed by atoms with van der Waals surface area (Å²) in [4.78, 5) is 24.0. The summed E-state index contributed by atoms with van der Waals surface area (Å²) in [5.41, 5.74) is 3.27. The number of carbonyl (C=O) groups excluding carboxylic acids is 2. The van der Waals surface area contributed by atoms with Crippen molar-refractivity contribution in [3.05, 3.63) is 65.0 Å². The van der Waals surface area contributed by atoms with Crippen LogP contribution in [-0.4, -0.2) is 16.9 Å². The fourth-order valence-electron chi connectivity index (χ4n) is 2.42. The number of esters is 1. The van der Waals surface area contributed by atoms with Crippen LogP contribution >= 0.6 is 0 Å². The number of ether oxygens (including phenoxy) is 1. The number of hydrogen-bond acceptors (Lipinski definition) is 6. The van der Waals surface area contributed by atoms with Gasteiger partial charge in [0.15, 0.2) is 11.5 Å². The Labute approximate surface area is 150 Å². The molecule has 0 fully saturated rings. The lowest BCUT2D eigenvalue weighted by atomic mass is 10.0. The number of nitrogens with zero attached hydrogens (tertiary/aromatic N) is 1. The Morgan fingerprint density at radius 1 is 1.04 bits per heavy atom. The second-order valence-corrected chi connectivity index (χ2v) is 6.04. The average molecular weight is 353 g/mol. The van der Waals surface area contributed by atoms with E-state index in [1.165, 1.54) is 6.26 Å². The van der Waals surface area contributed by atoms with Gasteiger partial charge in [-0.3, -0.25) is 9.59 Å². The van der Waals surface area contributed by atoms with Crippen LogP contribution in [0.5, 0.6) is 0 Å². The molecular formula is C20H19NO5. The van der Waals surface area contributed by atoms with E-state index in [9.17, 15) is 9.59 Å². The highest BCUT2D eigenvalue weighted by Crippen LogP contribution is 2.21. The van der Waals surface area contributed by atoms with Crippen molar-refractivity contribution in [3.8, 4) is 11.5 Å². The van der Waals surface area contributed by atoms with Crippen LogP contribution in [0.4, 0.5) is 0 Å². The SMILES string of the molecule is Cc1ccc(C(=O)CCC(=O)OCc2cc(-c3ccco3)on2)cc1C. The second kappa shape index (κ2) is 7.82. The first-order valence-electron chi connectivity index (χ1n) is 8.28. The molecular weight excluding hydrogens is 334 g/mol. The highest BCUT2D eigenvalue weighted by molar-refractivity contribution is 5.97. The van der Waals surface area contributed by atoms with Gasteiger partial charge in [-0.15, -0.1) is 0 Å². The summed E-state index contributed by atoms with van der Waals surface area (Å²) in [6.45, 7) is 3.93. The summed E-state index contributed by atoms with van der Waals surface area (Å²) in [5.74, 6) is 0.483. The third kappa shape index (κ3) is 4.27. The number of ketones is 1. The van der Waals surface area contributed by atoms with Gasteiger partial charge >= 0.3 is 5.97 Å². The van der Waals surface area contributed by atoms with Gasteiger partial charge in [0.05, 0.1) is 12.7 Å². The maximum absolute atomic E-state index is 12.2. The van der Waals surface area contributed by atoms with Crippen molar-refractivity contribution in [2.75, 3.05) is 0 Å². The van der Waals surface area contributed by atoms with Crippen molar-refractivity contribution < 1.29 is 23.3 Å². The molecule has 0 aliphatic rings. The minimum Gasteiger partial charge on any atom is -0.461 e. The summed E-state index contributed by atoms with van der Waals surface area (Å²) in [6, 6.07) is 10.7. The maximum atomic E-state index is 12.2. The Balaban J connectivity index is 1.47. The van der Waals surface area contributed by atoms with Crippen molar-refractivity contribution >= 4 is 11.8 Å². The van der Waals surface area contributed by atoms with Crippen LogP contribution in [0.1, 0.15) is 40.0 Å². The van der Waals surface area contributed by atoms with Crippen molar-refractivity contribution in [3.63, 3.8) is 0 Å². The molecule has 0 saturated heterocycles. The monoisotopic (exact) mass is 353 g/mol. The molecule has 134 valence electrons. The average Bonchev–Trinajstić information content (AvgIpc) is 3.31. The van der Waals surface area contributed by atoms with E-state index in [0.29, 0.717) is 22.8 Å². The zero-order valence-corrected chi connectivity index (χ0v) is 14.7. The van der Waals surface area contributed by atoms with E-state index >= 15 is 0 Å². The predicted octanol–water partition coefficient (Wildman–Crippen LogP) is 4.26. The molecule has 26 heavy (non-hydrogen) atoms. The molecule has 0 saturated carbocycles. The van der Waals surface area contributed by atoms with E-state index in [1.54, 1.807) is 24.3 Å². The molecule has 0 amide bonds. The molecule has 0 bridgehead atoms. The summed E-state index contributed by atoms with van der Waals surface area (Å²) in [5, 5.41) is 3.83. The first kappa shape index (κ1) is 17.7. The summed E-state index contributed by atoms with van der Waals surface area (Å²) in [6.07, 6.45) is 1.66. The molecule has 2 aromatic heterocycles. The van der Waals surface area contributed by atoms with Gasteiger partial charge in [0.1, 0.15) is 12.3 Å². The molecule has 1 aromatic carbocycles. The van der Waals surface area contributed by atoms with Crippen LogP contribution in [0.25, 0.3) is 11.5 Å². The van der Waals surface area contributed by atoms with Crippen molar-refractivity contribution in [1.29, 1.82) is 0 Å². The fraction of sp³-hybridized carbons (Fsp3) is 0.250.